The van der Waals surface area contributed by atoms with Gasteiger partial charge in [0.05, 0.1) is 16.9 Å². The van der Waals surface area contributed by atoms with E-state index in [1.807, 2.05) is 32.9 Å². The summed E-state index contributed by atoms with van der Waals surface area (Å²) in [7, 11) is -1.10. The van der Waals surface area contributed by atoms with E-state index in [0.29, 0.717) is 16.9 Å². The van der Waals surface area contributed by atoms with Crippen molar-refractivity contribution in [3.8, 4) is 0 Å². The van der Waals surface area contributed by atoms with Crippen LogP contribution < -0.4 is 14.9 Å². The third kappa shape index (κ3) is 6.08. The first-order valence-corrected chi connectivity index (χ1v) is 11.8. The number of benzene rings is 2. The van der Waals surface area contributed by atoms with Crippen LogP contribution in [0.25, 0.3) is 0 Å². The van der Waals surface area contributed by atoms with Crippen LogP contribution in [-0.4, -0.2) is 51.2 Å². The van der Waals surface area contributed by atoms with Gasteiger partial charge in [-0.05, 0) is 56.5 Å². The summed E-state index contributed by atoms with van der Waals surface area (Å²) in [5.41, 5.74) is 2.66. The van der Waals surface area contributed by atoms with E-state index < -0.39 is 22.7 Å². The number of nitrogens with zero attached hydrogens (tertiary/aromatic N) is 2. The quantitative estimate of drug-likeness (QED) is 0.601. The van der Waals surface area contributed by atoms with Gasteiger partial charge in [-0.3, -0.25) is 9.59 Å². The lowest BCUT2D eigenvalue weighted by Crippen LogP contribution is -2.44. The van der Waals surface area contributed by atoms with Crippen molar-refractivity contribution in [2.45, 2.75) is 40.2 Å². The molecule has 0 aliphatic heterocycles. The molecule has 8 nitrogen and oxygen atoms in total. The Morgan fingerprint density at radius 2 is 1.72 bits per heavy atom. The maximum absolute atomic E-state index is 13.0. The molecule has 0 fully saturated rings. The number of hydrogen-bond donors (Lipinski definition) is 2. The van der Waals surface area contributed by atoms with Crippen molar-refractivity contribution in [3.63, 3.8) is 0 Å². The van der Waals surface area contributed by atoms with Gasteiger partial charge in [0.1, 0.15) is 6.54 Å². The third-order valence-corrected chi connectivity index (χ3v) is 6.90. The zero-order valence-corrected chi connectivity index (χ0v) is 20.3. The van der Waals surface area contributed by atoms with E-state index in [1.54, 1.807) is 37.3 Å². The van der Waals surface area contributed by atoms with Gasteiger partial charge in [-0.1, -0.05) is 31.2 Å². The zero-order valence-electron chi connectivity index (χ0n) is 19.5. The fraction of sp³-hybridized carbons (Fsp3) is 0.391. The van der Waals surface area contributed by atoms with Gasteiger partial charge in [0.15, 0.2) is 0 Å². The molecule has 0 spiro atoms. The van der Waals surface area contributed by atoms with Gasteiger partial charge in [-0.15, -0.1) is 0 Å². The average molecular weight is 461 g/mol. The predicted octanol–water partition coefficient (Wildman–Crippen LogP) is 3.08. The standard InChI is InChI=1S/C23H32N4O4S/c1-7-18(4)24-23(29)19-10-8-9-11-20(19)25-22(28)15-27(32(30,31)26(5)6)21-14-16(2)12-13-17(21)3/h8-14,18H,7,15H2,1-6H3,(H,24,29)(H,25,28)/t18-/m1/s1. The predicted molar refractivity (Wildman–Crippen MR) is 128 cm³/mol. The Hall–Kier alpha value is -2.91. The Kier molecular flexibility index (Phi) is 8.40. The van der Waals surface area contributed by atoms with Crippen LogP contribution >= 0.6 is 0 Å². The van der Waals surface area contributed by atoms with E-state index in [9.17, 15) is 18.0 Å². The number of carbonyl (C=O) groups excluding carboxylic acids is 2. The number of rotatable bonds is 9. The van der Waals surface area contributed by atoms with Crippen molar-refractivity contribution < 1.29 is 18.0 Å². The molecule has 32 heavy (non-hydrogen) atoms. The summed E-state index contributed by atoms with van der Waals surface area (Å²) < 4.78 is 28.2. The first-order chi connectivity index (χ1) is 15.0. The number of nitrogens with one attached hydrogen (secondary N) is 2. The molecule has 0 radical (unpaired) electrons. The molecule has 0 saturated carbocycles. The summed E-state index contributed by atoms with van der Waals surface area (Å²) in [6.07, 6.45) is 0.771. The Morgan fingerprint density at radius 1 is 1.06 bits per heavy atom. The van der Waals surface area contributed by atoms with E-state index in [2.05, 4.69) is 10.6 Å². The Balaban J connectivity index is 2.35. The fourth-order valence-corrected chi connectivity index (χ4v) is 4.11. The van der Waals surface area contributed by atoms with Crippen LogP contribution in [0, 0.1) is 13.8 Å². The Morgan fingerprint density at radius 3 is 2.34 bits per heavy atom. The molecular formula is C23H32N4O4S. The minimum absolute atomic E-state index is 0.0173. The molecule has 0 aromatic heterocycles. The van der Waals surface area contributed by atoms with E-state index in [1.165, 1.54) is 14.1 Å². The highest BCUT2D eigenvalue weighted by molar-refractivity contribution is 7.90. The molecule has 0 aliphatic carbocycles. The molecule has 0 unspecified atom stereocenters. The minimum Gasteiger partial charge on any atom is -0.350 e. The van der Waals surface area contributed by atoms with E-state index in [4.69, 9.17) is 0 Å². The third-order valence-electron chi connectivity index (χ3n) is 5.10. The Labute approximate surface area is 190 Å². The number of carbonyl (C=O) groups is 2. The average Bonchev–Trinajstić information content (AvgIpc) is 2.73. The molecular weight excluding hydrogens is 428 g/mol. The van der Waals surface area contributed by atoms with Gasteiger partial charge in [0.25, 0.3) is 5.91 Å². The lowest BCUT2D eigenvalue weighted by Gasteiger charge is -2.28. The van der Waals surface area contributed by atoms with Crippen LogP contribution in [0.1, 0.15) is 41.8 Å². The van der Waals surface area contributed by atoms with Crippen molar-refractivity contribution in [1.82, 2.24) is 9.62 Å². The molecule has 2 aromatic rings. The molecule has 0 bridgehead atoms. The van der Waals surface area contributed by atoms with Gasteiger partial charge in [-0.2, -0.15) is 12.7 Å². The normalized spacial score (nSPS) is 12.3. The Bertz CT molecular complexity index is 1080. The van der Waals surface area contributed by atoms with Crippen LogP contribution in [0.2, 0.25) is 0 Å². The highest BCUT2D eigenvalue weighted by Crippen LogP contribution is 2.25. The number of amides is 2. The highest BCUT2D eigenvalue weighted by atomic mass is 32.2. The van der Waals surface area contributed by atoms with Gasteiger partial charge in [0, 0.05) is 20.1 Å². The first kappa shape index (κ1) is 25.4. The van der Waals surface area contributed by atoms with Gasteiger partial charge >= 0.3 is 10.2 Å². The van der Waals surface area contributed by atoms with Crippen molar-refractivity contribution in [2.75, 3.05) is 30.3 Å². The fourth-order valence-electron chi connectivity index (χ4n) is 2.99. The molecule has 1 atom stereocenters. The van der Waals surface area contributed by atoms with Crippen LogP contribution in [0.15, 0.2) is 42.5 Å². The molecule has 2 rings (SSSR count). The topological polar surface area (TPSA) is 98.8 Å². The van der Waals surface area contributed by atoms with Crippen LogP contribution in [-0.2, 0) is 15.0 Å². The maximum Gasteiger partial charge on any atom is 0.304 e. The van der Waals surface area contributed by atoms with Crippen LogP contribution in [0.3, 0.4) is 0 Å². The lowest BCUT2D eigenvalue weighted by molar-refractivity contribution is -0.114. The molecule has 174 valence electrons. The number of aryl methyl sites for hydroxylation is 2. The van der Waals surface area contributed by atoms with Crippen molar-refractivity contribution in [3.05, 3.63) is 59.2 Å². The monoisotopic (exact) mass is 460 g/mol. The largest absolute Gasteiger partial charge is 0.350 e. The molecule has 2 amide bonds. The number of hydrogen-bond acceptors (Lipinski definition) is 4. The molecule has 2 aromatic carbocycles. The summed E-state index contributed by atoms with van der Waals surface area (Å²) in [4.78, 5) is 25.6. The van der Waals surface area contributed by atoms with E-state index in [-0.39, 0.29) is 11.9 Å². The smallest absolute Gasteiger partial charge is 0.304 e. The summed E-state index contributed by atoms with van der Waals surface area (Å²) in [5, 5.41) is 5.58. The zero-order chi connectivity index (χ0) is 24.1. The first-order valence-electron chi connectivity index (χ1n) is 10.4. The summed E-state index contributed by atoms with van der Waals surface area (Å²) in [6.45, 7) is 7.07. The second-order valence-electron chi connectivity index (χ2n) is 7.96. The molecule has 2 N–H and O–H groups in total. The van der Waals surface area contributed by atoms with E-state index >= 15 is 0 Å². The molecule has 0 saturated heterocycles. The van der Waals surface area contributed by atoms with Crippen molar-refractivity contribution in [2.24, 2.45) is 0 Å². The van der Waals surface area contributed by atoms with Crippen LogP contribution in [0.5, 0.6) is 0 Å². The van der Waals surface area contributed by atoms with Gasteiger partial charge < -0.3 is 10.6 Å². The van der Waals surface area contributed by atoms with Crippen molar-refractivity contribution >= 4 is 33.4 Å². The number of anilines is 2. The van der Waals surface area contributed by atoms with E-state index in [0.717, 1.165) is 26.2 Å². The maximum atomic E-state index is 13.0. The highest BCUT2D eigenvalue weighted by Gasteiger charge is 2.29. The second kappa shape index (κ2) is 10.6. The molecule has 0 heterocycles. The SMILES string of the molecule is CC[C@@H](C)NC(=O)c1ccccc1NC(=O)CN(c1cc(C)ccc1C)S(=O)(=O)N(C)C. The van der Waals surface area contributed by atoms with Crippen molar-refractivity contribution in [1.29, 1.82) is 0 Å². The molecule has 0 aliphatic rings. The van der Waals surface area contributed by atoms with Gasteiger partial charge in [-0.25, -0.2) is 4.31 Å². The lowest BCUT2D eigenvalue weighted by atomic mass is 10.1. The number of para-hydroxylation sites is 1. The summed E-state index contributed by atoms with van der Waals surface area (Å²) in [5.74, 6) is -0.859. The molecule has 9 heteroatoms. The van der Waals surface area contributed by atoms with Crippen LogP contribution in [0.4, 0.5) is 11.4 Å². The summed E-state index contributed by atoms with van der Waals surface area (Å²) >= 11 is 0. The second-order valence-corrected chi connectivity index (χ2v) is 10.0. The van der Waals surface area contributed by atoms with Gasteiger partial charge in [0.2, 0.25) is 5.91 Å². The minimum atomic E-state index is -3.94. The summed E-state index contributed by atoms with van der Waals surface area (Å²) in [6, 6.07) is 12.1.